The van der Waals surface area contributed by atoms with E-state index in [2.05, 4.69) is 5.32 Å². The predicted molar refractivity (Wildman–Crippen MR) is 76.2 cm³/mol. The van der Waals surface area contributed by atoms with Gasteiger partial charge in [-0.1, -0.05) is 6.92 Å². The molecule has 1 heterocycles. The Balaban J connectivity index is 2.24. The minimum absolute atomic E-state index is 0.0366. The van der Waals surface area contributed by atoms with E-state index in [4.69, 9.17) is 4.74 Å². The molecule has 2 amide bonds. The third-order valence-electron chi connectivity index (χ3n) is 4.89. The molecule has 0 radical (unpaired) electrons. The second-order valence-corrected chi connectivity index (χ2v) is 6.21. The number of carbonyl (C=O) groups is 2. The van der Waals surface area contributed by atoms with Crippen molar-refractivity contribution >= 4 is 11.8 Å². The molecule has 0 aromatic rings. The molecule has 2 atom stereocenters. The molecule has 1 saturated heterocycles. The lowest BCUT2D eigenvalue weighted by Crippen LogP contribution is -2.75. The minimum Gasteiger partial charge on any atom is -0.380 e. The zero-order valence-corrected chi connectivity index (χ0v) is 13.0. The zero-order valence-electron chi connectivity index (χ0n) is 13.0. The molecule has 1 aliphatic carbocycles. The maximum Gasteiger partial charge on any atom is 0.249 e. The van der Waals surface area contributed by atoms with Gasteiger partial charge in [0.25, 0.3) is 0 Å². The summed E-state index contributed by atoms with van der Waals surface area (Å²) in [5, 5.41) is 3.00. The predicted octanol–water partition coefficient (Wildman–Crippen LogP) is 1.32. The van der Waals surface area contributed by atoms with Crippen LogP contribution < -0.4 is 5.32 Å². The topological polar surface area (TPSA) is 58.6 Å². The molecule has 2 fully saturated rings. The van der Waals surface area contributed by atoms with Gasteiger partial charge in [0.1, 0.15) is 11.1 Å². The first-order chi connectivity index (χ1) is 9.40. The SMILES string of the molecule is CCOCCN1C(=O)C(C)(C2CC2)NC(=O)C1(C)CC. The van der Waals surface area contributed by atoms with Crippen LogP contribution in [0.2, 0.25) is 0 Å². The number of amides is 2. The van der Waals surface area contributed by atoms with Gasteiger partial charge in [-0.3, -0.25) is 9.59 Å². The fourth-order valence-electron chi connectivity index (χ4n) is 2.99. The zero-order chi connectivity index (χ0) is 15.0. The maximum atomic E-state index is 12.9. The Morgan fingerprint density at radius 3 is 2.45 bits per heavy atom. The Kier molecular flexibility index (Phi) is 4.09. The van der Waals surface area contributed by atoms with E-state index in [1.807, 2.05) is 27.7 Å². The van der Waals surface area contributed by atoms with Crippen molar-refractivity contribution in [2.45, 2.75) is 58.0 Å². The molecule has 1 saturated carbocycles. The van der Waals surface area contributed by atoms with Crippen molar-refractivity contribution in [3.05, 3.63) is 0 Å². The van der Waals surface area contributed by atoms with Crippen LogP contribution in [0.25, 0.3) is 0 Å². The molecule has 1 N–H and O–H groups in total. The van der Waals surface area contributed by atoms with Crippen molar-refractivity contribution < 1.29 is 14.3 Å². The highest BCUT2D eigenvalue weighted by molar-refractivity contribution is 6.02. The molecule has 5 heteroatoms. The van der Waals surface area contributed by atoms with E-state index in [0.717, 1.165) is 12.8 Å². The number of nitrogens with zero attached hydrogens (tertiary/aromatic N) is 1. The third kappa shape index (κ3) is 2.32. The quantitative estimate of drug-likeness (QED) is 0.748. The van der Waals surface area contributed by atoms with Crippen LogP contribution in [0.1, 0.15) is 47.0 Å². The lowest BCUT2D eigenvalue weighted by molar-refractivity contribution is -0.163. The van der Waals surface area contributed by atoms with Gasteiger partial charge >= 0.3 is 0 Å². The molecule has 2 aliphatic rings. The first kappa shape index (κ1) is 15.3. The summed E-state index contributed by atoms with van der Waals surface area (Å²) in [5.41, 5.74) is -1.49. The van der Waals surface area contributed by atoms with E-state index in [0.29, 0.717) is 26.2 Å². The Hall–Kier alpha value is -1.10. The normalized spacial score (nSPS) is 34.3. The Morgan fingerprint density at radius 1 is 1.30 bits per heavy atom. The van der Waals surface area contributed by atoms with Crippen LogP contribution in [-0.4, -0.2) is 47.6 Å². The van der Waals surface area contributed by atoms with E-state index in [1.165, 1.54) is 0 Å². The number of nitrogens with one attached hydrogen (secondary N) is 1. The van der Waals surface area contributed by atoms with Crippen LogP contribution >= 0.6 is 0 Å². The van der Waals surface area contributed by atoms with Crippen LogP contribution in [0, 0.1) is 5.92 Å². The van der Waals surface area contributed by atoms with Crippen molar-refractivity contribution in [2.24, 2.45) is 5.92 Å². The third-order valence-corrected chi connectivity index (χ3v) is 4.89. The van der Waals surface area contributed by atoms with Crippen molar-refractivity contribution in [2.75, 3.05) is 19.8 Å². The Labute approximate surface area is 121 Å². The first-order valence-electron chi connectivity index (χ1n) is 7.62. The average molecular weight is 282 g/mol. The van der Waals surface area contributed by atoms with Gasteiger partial charge in [-0.15, -0.1) is 0 Å². The highest BCUT2D eigenvalue weighted by atomic mass is 16.5. The second-order valence-electron chi connectivity index (χ2n) is 6.21. The Bertz CT molecular complexity index is 408. The van der Waals surface area contributed by atoms with Gasteiger partial charge in [-0.25, -0.2) is 0 Å². The number of rotatable bonds is 6. The van der Waals surface area contributed by atoms with E-state index in [9.17, 15) is 9.59 Å². The summed E-state index contributed by atoms with van der Waals surface area (Å²) in [4.78, 5) is 27.2. The number of hydrogen-bond donors (Lipinski definition) is 1. The van der Waals surface area contributed by atoms with Gasteiger partial charge in [-0.05, 0) is 46.0 Å². The second kappa shape index (κ2) is 5.35. The summed E-state index contributed by atoms with van der Waals surface area (Å²) in [6, 6.07) is 0. The van der Waals surface area contributed by atoms with Crippen LogP contribution in [0.4, 0.5) is 0 Å². The maximum absolute atomic E-state index is 12.9. The van der Waals surface area contributed by atoms with Crippen LogP contribution in [0.3, 0.4) is 0 Å². The van der Waals surface area contributed by atoms with E-state index < -0.39 is 11.1 Å². The summed E-state index contributed by atoms with van der Waals surface area (Å²) >= 11 is 0. The van der Waals surface area contributed by atoms with Gasteiger partial charge in [0.2, 0.25) is 11.8 Å². The summed E-state index contributed by atoms with van der Waals surface area (Å²) in [7, 11) is 0. The first-order valence-corrected chi connectivity index (χ1v) is 7.62. The Morgan fingerprint density at radius 2 is 1.95 bits per heavy atom. The van der Waals surface area contributed by atoms with Gasteiger partial charge in [0, 0.05) is 13.2 Å². The van der Waals surface area contributed by atoms with E-state index >= 15 is 0 Å². The van der Waals surface area contributed by atoms with Gasteiger partial charge < -0.3 is 15.0 Å². The monoisotopic (exact) mass is 282 g/mol. The van der Waals surface area contributed by atoms with Crippen molar-refractivity contribution in [1.29, 1.82) is 0 Å². The molecule has 5 nitrogen and oxygen atoms in total. The molecule has 20 heavy (non-hydrogen) atoms. The van der Waals surface area contributed by atoms with Crippen LogP contribution in [0.15, 0.2) is 0 Å². The minimum atomic E-state index is -0.761. The fourth-order valence-corrected chi connectivity index (χ4v) is 2.99. The number of hydrogen-bond acceptors (Lipinski definition) is 3. The van der Waals surface area contributed by atoms with Crippen LogP contribution in [0.5, 0.6) is 0 Å². The molecular formula is C15H26N2O3. The lowest BCUT2D eigenvalue weighted by atomic mass is 9.83. The molecule has 0 aromatic heterocycles. The van der Waals surface area contributed by atoms with E-state index in [1.54, 1.807) is 4.90 Å². The smallest absolute Gasteiger partial charge is 0.249 e. The average Bonchev–Trinajstić information content (AvgIpc) is 3.25. The summed E-state index contributed by atoms with van der Waals surface area (Å²) in [6.07, 6.45) is 2.65. The molecular weight excluding hydrogens is 256 g/mol. The van der Waals surface area contributed by atoms with Gasteiger partial charge in [0.15, 0.2) is 0 Å². The van der Waals surface area contributed by atoms with E-state index in [-0.39, 0.29) is 17.7 Å². The van der Waals surface area contributed by atoms with Gasteiger partial charge in [-0.2, -0.15) is 0 Å². The molecule has 0 spiro atoms. The van der Waals surface area contributed by atoms with Crippen molar-refractivity contribution in [3.63, 3.8) is 0 Å². The molecule has 2 rings (SSSR count). The summed E-state index contributed by atoms with van der Waals surface area (Å²) < 4.78 is 5.38. The highest BCUT2D eigenvalue weighted by Gasteiger charge is 2.58. The number of carbonyl (C=O) groups excluding carboxylic acids is 2. The van der Waals surface area contributed by atoms with Crippen molar-refractivity contribution in [3.8, 4) is 0 Å². The number of piperazine rings is 1. The molecule has 114 valence electrons. The van der Waals surface area contributed by atoms with Crippen LogP contribution in [-0.2, 0) is 14.3 Å². The molecule has 0 aromatic carbocycles. The fraction of sp³-hybridized carbons (Fsp3) is 0.867. The number of ether oxygens (including phenoxy) is 1. The largest absolute Gasteiger partial charge is 0.380 e. The lowest BCUT2D eigenvalue weighted by Gasteiger charge is -2.50. The molecule has 2 unspecified atom stereocenters. The molecule has 0 bridgehead atoms. The highest BCUT2D eigenvalue weighted by Crippen LogP contribution is 2.43. The van der Waals surface area contributed by atoms with Gasteiger partial charge in [0.05, 0.1) is 6.61 Å². The van der Waals surface area contributed by atoms with Crippen molar-refractivity contribution in [1.82, 2.24) is 10.2 Å². The summed E-state index contributed by atoms with van der Waals surface area (Å²) in [5.74, 6) is 0.295. The molecule has 1 aliphatic heterocycles. The standard InChI is InChI=1S/C15H26N2O3/c1-5-14(3)12(18)16-15(4,11-7-8-11)13(19)17(14)9-10-20-6-2/h11H,5-10H2,1-4H3,(H,16,18). The summed E-state index contributed by atoms with van der Waals surface area (Å²) in [6.45, 7) is 9.17.